The molecule has 0 aromatic rings. The van der Waals surface area contributed by atoms with Gasteiger partial charge in [0.15, 0.2) is 0 Å². The number of rotatable bonds is 8. The fourth-order valence-corrected chi connectivity index (χ4v) is 1.01. The fourth-order valence-electron chi connectivity index (χ4n) is 1.01. The number of carbonyl (C=O) groups is 3. The lowest BCUT2D eigenvalue weighted by Gasteiger charge is -2.13. The van der Waals surface area contributed by atoms with Gasteiger partial charge in [0.2, 0.25) is 5.91 Å². The van der Waals surface area contributed by atoms with Crippen molar-refractivity contribution in [2.45, 2.75) is 25.8 Å². The normalized spacial score (nSPS) is 11.8. The molecule has 0 radical (unpaired) electrons. The van der Waals surface area contributed by atoms with Gasteiger partial charge >= 0.3 is 11.9 Å². The van der Waals surface area contributed by atoms with Crippen LogP contribution < -0.4 is 10.6 Å². The first-order chi connectivity index (χ1) is 7.47. The van der Waals surface area contributed by atoms with Gasteiger partial charge in [-0.05, 0) is 13.0 Å². The molecular formula is C9H16N2O5. The fraction of sp³-hybridized carbons (Fsp3) is 0.667. The topological polar surface area (TPSA) is 116 Å². The van der Waals surface area contributed by atoms with Crippen LogP contribution in [0.3, 0.4) is 0 Å². The number of nitrogens with one attached hydrogen (secondary N) is 2. The second-order valence-corrected chi connectivity index (χ2v) is 3.17. The highest BCUT2D eigenvalue weighted by molar-refractivity contribution is 5.85. The molecule has 0 aromatic carbocycles. The van der Waals surface area contributed by atoms with Gasteiger partial charge < -0.3 is 20.8 Å². The summed E-state index contributed by atoms with van der Waals surface area (Å²) in [4.78, 5) is 32.1. The molecule has 0 aliphatic rings. The molecule has 1 atom stereocenters. The van der Waals surface area contributed by atoms with Crippen LogP contribution in [0.25, 0.3) is 0 Å². The molecule has 7 nitrogen and oxygen atoms in total. The van der Waals surface area contributed by atoms with Crippen molar-refractivity contribution in [3.05, 3.63) is 0 Å². The highest BCUT2D eigenvalue weighted by Gasteiger charge is 2.20. The van der Waals surface area contributed by atoms with E-state index in [-0.39, 0.29) is 19.4 Å². The molecule has 0 aliphatic carbocycles. The minimum Gasteiger partial charge on any atom is -0.481 e. The molecule has 92 valence electrons. The Morgan fingerprint density at radius 1 is 1.25 bits per heavy atom. The van der Waals surface area contributed by atoms with E-state index in [1.807, 2.05) is 6.92 Å². The summed E-state index contributed by atoms with van der Waals surface area (Å²) in [5.74, 6) is -2.78. The highest BCUT2D eigenvalue weighted by atomic mass is 16.4. The lowest BCUT2D eigenvalue weighted by Crippen LogP contribution is -2.44. The van der Waals surface area contributed by atoms with Crippen LogP contribution in [-0.2, 0) is 14.4 Å². The average molecular weight is 232 g/mol. The van der Waals surface area contributed by atoms with Gasteiger partial charge in [-0.3, -0.25) is 9.59 Å². The van der Waals surface area contributed by atoms with E-state index < -0.39 is 23.9 Å². The van der Waals surface area contributed by atoms with E-state index in [1.54, 1.807) is 0 Å². The van der Waals surface area contributed by atoms with Crippen molar-refractivity contribution in [1.82, 2.24) is 10.6 Å². The summed E-state index contributed by atoms with van der Waals surface area (Å²) in [6.07, 6.45) is -0.416. The number of carboxylic acids is 2. The molecule has 1 amide bonds. The summed E-state index contributed by atoms with van der Waals surface area (Å²) in [7, 11) is 0. The third-order valence-electron chi connectivity index (χ3n) is 1.82. The lowest BCUT2D eigenvalue weighted by atomic mass is 10.1. The van der Waals surface area contributed by atoms with Gasteiger partial charge in [0.05, 0.1) is 6.54 Å². The van der Waals surface area contributed by atoms with Crippen LogP contribution >= 0.6 is 0 Å². The Balaban J connectivity index is 4.07. The number of amides is 1. The predicted octanol–water partition coefficient (Wildman–Crippen LogP) is -0.970. The molecule has 1 unspecified atom stereocenters. The SMILES string of the molecule is CCNCC(=O)NC(CCC(=O)O)C(=O)O. The quantitative estimate of drug-likeness (QED) is 0.428. The van der Waals surface area contributed by atoms with E-state index in [4.69, 9.17) is 10.2 Å². The minimum atomic E-state index is -1.23. The largest absolute Gasteiger partial charge is 0.481 e. The molecule has 0 bridgehead atoms. The maximum atomic E-state index is 11.2. The molecule has 0 heterocycles. The third-order valence-corrected chi connectivity index (χ3v) is 1.82. The molecule has 0 rings (SSSR count). The number of hydrogen-bond acceptors (Lipinski definition) is 4. The Morgan fingerprint density at radius 3 is 2.31 bits per heavy atom. The Labute approximate surface area is 92.8 Å². The van der Waals surface area contributed by atoms with Crippen LogP contribution in [0.1, 0.15) is 19.8 Å². The molecule has 0 saturated heterocycles. The van der Waals surface area contributed by atoms with Gasteiger partial charge in [-0.2, -0.15) is 0 Å². The van der Waals surface area contributed by atoms with Gasteiger partial charge in [0, 0.05) is 6.42 Å². The standard InChI is InChI=1S/C9H16N2O5/c1-2-10-5-7(12)11-6(9(15)16)3-4-8(13)14/h6,10H,2-5H2,1H3,(H,11,12)(H,13,14)(H,15,16). The van der Waals surface area contributed by atoms with Crippen molar-refractivity contribution in [2.24, 2.45) is 0 Å². The van der Waals surface area contributed by atoms with Gasteiger partial charge in [-0.25, -0.2) is 4.79 Å². The first-order valence-electron chi connectivity index (χ1n) is 4.92. The zero-order valence-electron chi connectivity index (χ0n) is 9.02. The maximum absolute atomic E-state index is 11.2. The first kappa shape index (κ1) is 14.4. The Hall–Kier alpha value is -1.63. The number of aliphatic carboxylic acids is 2. The smallest absolute Gasteiger partial charge is 0.326 e. The number of carbonyl (C=O) groups excluding carboxylic acids is 1. The maximum Gasteiger partial charge on any atom is 0.326 e. The monoisotopic (exact) mass is 232 g/mol. The summed E-state index contributed by atoms with van der Waals surface area (Å²) in [6.45, 7) is 2.43. The molecule has 0 aliphatic heterocycles. The molecule has 0 saturated carbocycles. The van der Waals surface area contributed by atoms with Gasteiger partial charge in [-0.1, -0.05) is 6.92 Å². The van der Waals surface area contributed by atoms with Crippen molar-refractivity contribution in [3.8, 4) is 0 Å². The number of carboxylic acid groups (broad SMARTS) is 2. The van der Waals surface area contributed by atoms with Gasteiger partial charge in [-0.15, -0.1) is 0 Å². The van der Waals surface area contributed by atoms with Crippen molar-refractivity contribution in [1.29, 1.82) is 0 Å². The predicted molar refractivity (Wildman–Crippen MR) is 55.0 cm³/mol. The van der Waals surface area contributed by atoms with Crippen LogP contribution in [0.2, 0.25) is 0 Å². The summed E-state index contributed by atoms with van der Waals surface area (Å²) < 4.78 is 0. The van der Waals surface area contributed by atoms with E-state index in [1.165, 1.54) is 0 Å². The second-order valence-electron chi connectivity index (χ2n) is 3.17. The number of hydrogen-bond donors (Lipinski definition) is 4. The summed E-state index contributed by atoms with van der Waals surface area (Å²) in [5.41, 5.74) is 0. The Bertz CT molecular complexity index is 267. The van der Waals surface area contributed by atoms with Gasteiger partial charge in [0.1, 0.15) is 6.04 Å². The van der Waals surface area contributed by atoms with E-state index in [0.717, 1.165) is 0 Å². The van der Waals surface area contributed by atoms with Crippen LogP contribution in [0, 0.1) is 0 Å². The zero-order valence-corrected chi connectivity index (χ0v) is 9.02. The minimum absolute atomic E-state index is 0.0212. The van der Waals surface area contributed by atoms with Crippen LogP contribution in [0.4, 0.5) is 0 Å². The average Bonchev–Trinajstić information content (AvgIpc) is 2.20. The summed E-state index contributed by atoms with van der Waals surface area (Å²) in [6, 6.07) is -1.15. The summed E-state index contributed by atoms with van der Waals surface area (Å²) in [5, 5.41) is 22.1. The summed E-state index contributed by atoms with van der Waals surface area (Å²) >= 11 is 0. The highest BCUT2D eigenvalue weighted by Crippen LogP contribution is 1.97. The third kappa shape index (κ3) is 6.77. The molecule has 0 spiro atoms. The van der Waals surface area contributed by atoms with Crippen molar-refractivity contribution in [3.63, 3.8) is 0 Å². The zero-order chi connectivity index (χ0) is 12.6. The van der Waals surface area contributed by atoms with Gasteiger partial charge in [0.25, 0.3) is 0 Å². The molecule has 4 N–H and O–H groups in total. The molecule has 7 heteroatoms. The lowest BCUT2D eigenvalue weighted by molar-refractivity contribution is -0.142. The molecule has 0 fully saturated rings. The Kier molecular flexibility index (Phi) is 6.86. The van der Waals surface area contributed by atoms with E-state index in [0.29, 0.717) is 6.54 Å². The van der Waals surface area contributed by atoms with Crippen LogP contribution in [0.15, 0.2) is 0 Å². The molecular weight excluding hydrogens is 216 g/mol. The number of likely N-dealkylation sites (N-methyl/N-ethyl adjacent to an activating group) is 1. The van der Waals surface area contributed by atoms with E-state index in [2.05, 4.69) is 10.6 Å². The van der Waals surface area contributed by atoms with Crippen molar-refractivity contribution >= 4 is 17.8 Å². The van der Waals surface area contributed by atoms with Crippen LogP contribution in [-0.4, -0.2) is 47.2 Å². The Morgan fingerprint density at radius 2 is 1.88 bits per heavy atom. The second kappa shape index (κ2) is 7.63. The molecule has 0 aromatic heterocycles. The van der Waals surface area contributed by atoms with Crippen molar-refractivity contribution in [2.75, 3.05) is 13.1 Å². The van der Waals surface area contributed by atoms with E-state index >= 15 is 0 Å². The van der Waals surface area contributed by atoms with Crippen molar-refractivity contribution < 1.29 is 24.6 Å². The van der Waals surface area contributed by atoms with Crippen LogP contribution in [0.5, 0.6) is 0 Å². The molecule has 16 heavy (non-hydrogen) atoms. The van der Waals surface area contributed by atoms with E-state index in [9.17, 15) is 14.4 Å². The first-order valence-corrected chi connectivity index (χ1v) is 4.92.